The van der Waals surface area contributed by atoms with Gasteiger partial charge in [-0.05, 0) is 91.5 Å². The zero-order chi connectivity index (χ0) is 31.9. The summed E-state index contributed by atoms with van der Waals surface area (Å²) >= 11 is 0. The van der Waals surface area contributed by atoms with Crippen LogP contribution in [0.2, 0.25) is 0 Å². The molecule has 2 atom stereocenters. The van der Waals surface area contributed by atoms with Crippen LogP contribution in [-0.4, -0.2) is 24.1 Å². The van der Waals surface area contributed by atoms with Gasteiger partial charge in [-0.25, -0.2) is 14.2 Å². The quantitative estimate of drug-likeness (QED) is 0.396. The third kappa shape index (κ3) is 3.31. The Morgan fingerprint density at radius 2 is 0.744 bits per heavy atom. The number of hydrogen-bond donors (Lipinski definition) is 0. The zero-order valence-corrected chi connectivity index (χ0v) is 28.0. The highest BCUT2D eigenvalue weighted by atomic mass is 16.7. The molecule has 0 saturated heterocycles. The van der Waals surface area contributed by atoms with Gasteiger partial charge in [0.05, 0.1) is 27.6 Å². The number of benzene rings is 2. The first-order valence-corrected chi connectivity index (χ1v) is 15.2. The molecule has 3 aromatic rings. The maximum atomic E-state index is 14.0. The molecule has 0 saturated carbocycles. The highest BCUT2D eigenvalue weighted by Crippen LogP contribution is 2.61. The van der Waals surface area contributed by atoms with Gasteiger partial charge in [-0.2, -0.15) is 19.5 Å². The van der Waals surface area contributed by atoms with Gasteiger partial charge in [0, 0.05) is 7.05 Å². The molecule has 1 aromatic heterocycles. The van der Waals surface area contributed by atoms with Gasteiger partial charge in [-0.3, -0.25) is 9.68 Å². The van der Waals surface area contributed by atoms with E-state index in [1.54, 1.807) is 0 Å². The molecule has 0 spiro atoms. The number of hydroxylamine groups is 4. The summed E-state index contributed by atoms with van der Waals surface area (Å²) < 4.78 is 4.10. The summed E-state index contributed by atoms with van der Waals surface area (Å²) in [6.45, 7) is 24.9. The van der Waals surface area contributed by atoms with Crippen molar-refractivity contribution in [1.29, 1.82) is 0 Å². The van der Waals surface area contributed by atoms with E-state index in [0.717, 1.165) is 26.8 Å². The molecule has 9 nitrogen and oxygen atoms in total. The summed E-state index contributed by atoms with van der Waals surface area (Å²) in [6.07, 6.45) is 0. The summed E-state index contributed by atoms with van der Waals surface area (Å²) in [5.74, 6) is 0. The highest BCUT2D eigenvalue weighted by Gasteiger charge is 2.71. The molecule has 0 bridgehead atoms. The van der Waals surface area contributed by atoms with Gasteiger partial charge in [-0.15, -0.1) is 0 Å². The highest BCUT2D eigenvalue weighted by molar-refractivity contribution is 5.43. The predicted molar refractivity (Wildman–Crippen MR) is 166 cm³/mol. The van der Waals surface area contributed by atoms with E-state index in [2.05, 4.69) is 79.7 Å². The molecule has 2 unspecified atom stereocenters. The minimum atomic E-state index is -1.32. The van der Waals surface area contributed by atoms with Crippen LogP contribution >= 0.6 is 0 Å². The first kappa shape index (κ1) is 30.1. The standard InChI is InChI=1S/C34H47N5O4/c1-28(2)22-18-14-15-19-23(22)29(3,4)38(28)42-33(11)32(9,10)34(12,37-27(41)35(13)26(40)36(33)37)43-39-30(5,6)24-20-16-17-21-25(24)31(39,7)8/h14-21H,1-13H3. The number of fused-ring (bicyclic) bond motifs is 3. The van der Waals surface area contributed by atoms with E-state index in [9.17, 15) is 9.59 Å². The van der Waals surface area contributed by atoms with Gasteiger partial charge in [0.1, 0.15) is 0 Å². The minimum absolute atomic E-state index is 0.455. The molecule has 0 N–H and O–H groups in total. The van der Waals surface area contributed by atoms with Gasteiger partial charge >= 0.3 is 11.4 Å². The minimum Gasteiger partial charge on any atom is -0.266 e. The second-order valence-corrected chi connectivity index (χ2v) is 15.4. The molecule has 9 heteroatoms. The zero-order valence-electron chi connectivity index (χ0n) is 28.0. The summed E-state index contributed by atoms with van der Waals surface area (Å²) in [5.41, 5.74) is -1.94. The van der Waals surface area contributed by atoms with Crippen molar-refractivity contribution in [3.63, 3.8) is 0 Å². The second kappa shape index (κ2) is 8.38. The molecule has 6 rings (SSSR count). The fourth-order valence-electron chi connectivity index (χ4n) is 8.30. The number of rotatable bonds is 4. The molecular formula is C34H47N5O4. The summed E-state index contributed by atoms with van der Waals surface area (Å²) in [6, 6.07) is 16.7. The van der Waals surface area contributed by atoms with Gasteiger partial charge < -0.3 is 0 Å². The van der Waals surface area contributed by atoms with Crippen LogP contribution in [0.1, 0.15) is 105 Å². The SMILES string of the molecule is Cn1c(=O)n2n(c1=O)C(C)(ON1C(C)(C)c3ccccc3C1(C)C)C(C)(C)C2(C)ON1C(C)(C)c2ccccc2C1(C)C. The average Bonchev–Trinajstić information content (AvgIpc) is 3.37. The van der Waals surface area contributed by atoms with Gasteiger partial charge in [0.2, 0.25) is 0 Å². The van der Waals surface area contributed by atoms with E-state index < -0.39 is 50.4 Å². The third-order valence-corrected chi connectivity index (χ3v) is 11.3. The summed E-state index contributed by atoms with van der Waals surface area (Å²) in [7, 11) is 1.51. The molecule has 0 fully saturated rings. The lowest BCUT2D eigenvalue weighted by Crippen LogP contribution is -2.61. The van der Waals surface area contributed by atoms with Crippen molar-refractivity contribution in [1.82, 2.24) is 24.1 Å². The largest absolute Gasteiger partial charge is 0.349 e. The lowest BCUT2D eigenvalue weighted by Gasteiger charge is -2.52. The molecule has 3 aliphatic rings. The molecule has 0 radical (unpaired) electrons. The van der Waals surface area contributed by atoms with Crippen LogP contribution in [0.25, 0.3) is 0 Å². The van der Waals surface area contributed by atoms with E-state index >= 15 is 0 Å². The topological polar surface area (TPSA) is 73.9 Å². The first-order valence-electron chi connectivity index (χ1n) is 15.2. The van der Waals surface area contributed by atoms with Crippen molar-refractivity contribution in [2.45, 2.75) is 117 Å². The Morgan fingerprint density at radius 1 is 0.488 bits per heavy atom. The first-order chi connectivity index (χ1) is 19.6. The number of aromatic nitrogens is 3. The van der Waals surface area contributed by atoms with Crippen molar-refractivity contribution < 1.29 is 9.68 Å². The number of hydrogen-bond acceptors (Lipinski definition) is 6. The average molecular weight is 590 g/mol. The molecular weight excluding hydrogens is 542 g/mol. The molecule has 43 heavy (non-hydrogen) atoms. The Kier molecular flexibility index (Phi) is 5.86. The normalized spacial score (nSPS) is 29.4. The summed E-state index contributed by atoms with van der Waals surface area (Å²) in [5, 5.41) is 4.01. The molecule has 232 valence electrons. The van der Waals surface area contributed by atoms with Crippen LogP contribution in [0.15, 0.2) is 58.1 Å². The van der Waals surface area contributed by atoms with Crippen molar-refractivity contribution in [3.8, 4) is 0 Å². The van der Waals surface area contributed by atoms with Crippen molar-refractivity contribution in [2.75, 3.05) is 0 Å². The smallest absolute Gasteiger partial charge is 0.266 e. The monoisotopic (exact) mass is 589 g/mol. The Hall–Kier alpha value is -2.98. The fraction of sp³-hybridized carbons (Fsp3) is 0.588. The van der Waals surface area contributed by atoms with Crippen LogP contribution in [-0.2, 0) is 50.3 Å². The third-order valence-electron chi connectivity index (χ3n) is 11.3. The lowest BCUT2D eigenvalue weighted by atomic mass is 9.74. The van der Waals surface area contributed by atoms with E-state index in [0.29, 0.717) is 0 Å². The van der Waals surface area contributed by atoms with E-state index in [-0.39, 0.29) is 0 Å². The lowest BCUT2D eigenvalue weighted by molar-refractivity contribution is -0.407. The van der Waals surface area contributed by atoms with Crippen LogP contribution in [0.5, 0.6) is 0 Å². The second-order valence-electron chi connectivity index (χ2n) is 15.4. The van der Waals surface area contributed by atoms with E-state index in [1.165, 1.54) is 16.4 Å². The molecule has 0 amide bonds. The molecule has 2 aromatic carbocycles. The van der Waals surface area contributed by atoms with Crippen molar-refractivity contribution in [2.24, 2.45) is 12.5 Å². The van der Waals surface area contributed by atoms with Crippen molar-refractivity contribution >= 4 is 0 Å². The van der Waals surface area contributed by atoms with Crippen LogP contribution in [0.3, 0.4) is 0 Å². The maximum Gasteiger partial charge on any atom is 0.349 e. The van der Waals surface area contributed by atoms with Gasteiger partial charge in [-0.1, -0.05) is 62.4 Å². The Labute approximate surface area is 254 Å². The van der Waals surface area contributed by atoms with Crippen molar-refractivity contribution in [3.05, 3.63) is 91.8 Å². The van der Waals surface area contributed by atoms with Crippen LogP contribution in [0.4, 0.5) is 0 Å². The van der Waals surface area contributed by atoms with Gasteiger partial charge in [0.25, 0.3) is 0 Å². The van der Waals surface area contributed by atoms with E-state index in [1.807, 2.05) is 62.1 Å². The Morgan fingerprint density at radius 3 is 1.00 bits per heavy atom. The molecule has 0 aliphatic carbocycles. The maximum absolute atomic E-state index is 14.0. The summed E-state index contributed by atoms with van der Waals surface area (Å²) in [4.78, 5) is 42.4. The van der Waals surface area contributed by atoms with E-state index in [4.69, 9.17) is 9.68 Å². The molecule has 3 aliphatic heterocycles. The number of nitrogens with zero attached hydrogens (tertiary/aromatic N) is 5. The molecule has 4 heterocycles. The van der Waals surface area contributed by atoms with Crippen LogP contribution in [0, 0.1) is 5.41 Å². The predicted octanol–water partition coefficient (Wildman–Crippen LogP) is 5.57. The van der Waals surface area contributed by atoms with Crippen LogP contribution < -0.4 is 11.4 Å². The Balaban J connectivity index is 1.54. The fourth-order valence-corrected chi connectivity index (χ4v) is 8.30. The van der Waals surface area contributed by atoms with Gasteiger partial charge in [0.15, 0.2) is 11.4 Å². The Bertz CT molecular complexity index is 1580.